The van der Waals surface area contributed by atoms with E-state index in [1.165, 1.54) is 0 Å². The summed E-state index contributed by atoms with van der Waals surface area (Å²) in [7, 11) is -0.310. The van der Waals surface area contributed by atoms with Crippen LogP contribution in [0.5, 0.6) is 0 Å². The van der Waals surface area contributed by atoms with Gasteiger partial charge in [0.05, 0.1) is 12.7 Å². The molecule has 0 radical (unpaired) electrons. The molecule has 0 amide bonds. The first-order chi connectivity index (χ1) is 10.8. The molecule has 5 nitrogen and oxygen atoms in total. The Bertz CT molecular complexity index is 416. The molecule has 0 unspecified atom stereocenters. The highest BCUT2D eigenvalue weighted by atomic mass is 28.4. The third-order valence-corrected chi connectivity index (χ3v) is 9.52. The quantitative estimate of drug-likeness (QED) is 0.530. The number of rotatable bonds is 8. The third-order valence-electron chi connectivity index (χ3n) is 5.02. The van der Waals surface area contributed by atoms with E-state index in [-0.39, 0.29) is 17.2 Å². The predicted octanol–water partition coefficient (Wildman–Crippen LogP) is 3.48. The summed E-state index contributed by atoms with van der Waals surface area (Å²) in [4.78, 5) is 0. The van der Waals surface area contributed by atoms with Crippen molar-refractivity contribution in [2.24, 2.45) is 0 Å². The lowest BCUT2D eigenvalue weighted by Gasteiger charge is -2.37. The molecule has 0 aromatic carbocycles. The standard InChI is InChI=1S/C18H36O5Si/c1-10-11-13(19)15(20-7)16-14(22-18(5,6)23-16)12-21-24(8,9)17(2,3)4/h10,13-16,19H,1,11-12H2,2-9H3/t13-,14+,15+,16+/m1/s1. The highest BCUT2D eigenvalue weighted by Gasteiger charge is 2.48. The molecular weight excluding hydrogens is 324 g/mol. The molecular formula is C18H36O5Si. The maximum atomic E-state index is 10.4. The number of aliphatic hydroxyl groups is 1. The second kappa shape index (κ2) is 7.97. The monoisotopic (exact) mass is 360 g/mol. The summed E-state index contributed by atoms with van der Waals surface area (Å²) >= 11 is 0. The maximum Gasteiger partial charge on any atom is 0.192 e. The second-order valence-electron chi connectivity index (χ2n) is 8.50. The summed E-state index contributed by atoms with van der Waals surface area (Å²) in [5.41, 5.74) is 0. The molecule has 1 rings (SSSR count). The third kappa shape index (κ3) is 5.38. The first-order valence-electron chi connectivity index (χ1n) is 8.66. The molecule has 1 saturated heterocycles. The van der Waals surface area contributed by atoms with Gasteiger partial charge in [0.15, 0.2) is 14.1 Å². The summed E-state index contributed by atoms with van der Waals surface area (Å²) in [6.07, 6.45) is 0.277. The Morgan fingerprint density at radius 2 is 1.88 bits per heavy atom. The van der Waals surface area contributed by atoms with Crippen LogP contribution >= 0.6 is 0 Å². The maximum absolute atomic E-state index is 10.4. The predicted molar refractivity (Wildman–Crippen MR) is 98.6 cm³/mol. The zero-order valence-electron chi connectivity index (χ0n) is 16.6. The van der Waals surface area contributed by atoms with E-state index in [0.29, 0.717) is 13.0 Å². The van der Waals surface area contributed by atoms with Gasteiger partial charge in [-0.15, -0.1) is 6.58 Å². The van der Waals surface area contributed by atoms with E-state index in [4.69, 9.17) is 18.6 Å². The van der Waals surface area contributed by atoms with Crippen molar-refractivity contribution in [3.05, 3.63) is 12.7 Å². The molecule has 0 aromatic rings. The number of methoxy groups -OCH3 is 1. The molecule has 0 spiro atoms. The summed E-state index contributed by atoms with van der Waals surface area (Å²) in [6.45, 7) is 18.9. The lowest BCUT2D eigenvalue weighted by Crippen LogP contribution is -2.48. The van der Waals surface area contributed by atoms with Crippen molar-refractivity contribution in [2.45, 2.75) is 89.4 Å². The van der Waals surface area contributed by atoms with Crippen molar-refractivity contribution in [1.29, 1.82) is 0 Å². The van der Waals surface area contributed by atoms with Gasteiger partial charge in [-0.3, -0.25) is 0 Å². The molecule has 0 bridgehead atoms. The second-order valence-corrected chi connectivity index (χ2v) is 13.3. The van der Waals surface area contributed by atoms with Crippen molar-refractivity contribution in [2.75, 3.05) is 13.7 Å². The normalized spacial score (nSPS) is 27.0. The van der Waals surface area contributed by atoms with E-state index in [9.17, 15) is 5.11 Å². The Morgan fingerprint density at radius 1 is 1.29 bits per heavy atom. The van der Waals surface area contributed by atoms with Gasteiger partial charge < -0.3 is 23.7 Å². The summed E-state index contributed by atoms with van der Waals surface area (Å²) < 4.78 is 23.9. The lowest BCUT2D eigenvalue weighted by molar-refractivity contribution is -0.166. The van der Waals surface area contributed by atoms with Crippen molar-refractivity contribution in [1.82, 2.24) is 0 Å². The molecule has 1 fully saturated rings. The zero-order chi connectivity index (χ0) is 18.8. The van der Waals surface area contributed by atoms with E-state index >= 15 is 0 Å². The van der Waals surface area contributed by atoms with Crippen LogP contribution in [0.1, 0.15) is 41.0 Å². The van der Waals surface area contributed by atoms with Crippen LogP contribution in [0.2, 0.25) is 18.1 Å². The zero-order valence-corrected chi connectivity index (χ0v) is 17.6. The van der Waals surface area contributed by atoms with Crippen LogP contribution in [0.25, 0.3) is 0 Å². The fourth-order valence-electron chi connectivity index (χ4n) is 2.59. The van der Waals surface area contributed by atoms with E-state index in [0.717, 1.165) is 0 Å². The Kier molecular flexibility index (Phi) is 7.24. The average Bonchev–Trinajstić information content (AvgIpc) is 2.71. The minimum absolute atomic E-state index is 0.125. The Hall–Kier alpha value is -0.243. The van der Waals surface area contributed by atoms with Crippen molar-refractivity contribution in [3.8, 4) is 0 Å². The minimum Gasteiger partial charge on any atom is -0.414 e. The molecule has 1 N–H and O–H groups in total. The van der Waals surface area contributed by atoms with Crippen LogP contribution in [0, 0.1) is 0 Å². The van der Waals surface area contributed by atoms with E-state index in [1.54, 1.807) is 13.2 Å². The number of ether oxygens (including phenoxy) is 3. The van der Waals surface area contributed by atoms with Crippen LogP contribution in [0.3, 0.4) is 0 Å². The first-order valence-corrected chi connectivity index (χ1v) is 11.6. The summed E-state index contributed by atoms with van der Waals surface area (Å²) in [5.74, 6) is -0.725. The molecule has 24 heavy (non-hydrogen) atoms. The van der Waals surface area contributed by atoms with Gasteiger partial charge in [-0.25, -0.2) is 0 Å². The molecule has 0 saturated carbocycles. The number of hydrogen-bond donors (Lipinski definition) is 1. The SMILES string of the molecule is C=CC[C@@H](O)[C@H](OC)[C@H]1OC(C)(C)O[C@H]1CO[Si](C)(C)C(C)(C)C. The molecule has 1 heterocycles. The van der Waals surface area contributed by atoms with Gasteiger partial charge in [0.1, 0.15) is 18.3 Å². The molecule has 0 aromatic heterocycles. The highest BCUT2D eigenvalue weighted by Crippen LogP contribution is 2.38. The fraction of sp³-hybridized carbons (Fsp3) is 0.889. The van der Waals surface area contributed by atoms with E-state index < -0.39 is 26.3 Å². The van der Waals surface area contributed by atoms with Crippen molar-refractivity contribution >= 4 is 8.32 Å². The molecule has 1 aliphatic heterocycles. The van der Waals surface area contributed by atoms with E-state index in [2.05, 4.69) is 40.4 Å². The van der Waals surface area contributed by atoms with Gasteiger partial charge in [-0.05, 0) is 38.4 Å². The lowest BCUT2D eigenvalue weighted by atomic mass is 10.0. The van der Waals surface area contributed by atoms with Crippen LogP contribution in [0.4, 0.5) is 0 Å². The largest absolute Gasteiger partial charge is 0.414 e. The average molecular weight is 361 g/mol. The summed E-state index contributed by atoms with van der Waals surface area (Å²) in [6, 6.07) is 0. The van der Waals surface area contributed by atoms with Crippen LogP contribution in [-0.4, -0.2) is 57.3 Å². The van der Waals surface area contributed by atoms with Crippen molar-refractivity contribution < 1.29 is 23.7 Å². The van der Waals surface area contributed by atoms with Gasteiger partial charge in [0.2, 0.25) is 0 Å². The minimum atomic E-state index is -1.89. The molecule has 0 aliphatic carbocycles. The number of aliphatic hydroxyl groups excluding tert-OH is 1. The molecule has 1 aliphatic rings. The van der Waals surface area contributed by atoms with Gasteiger partial charge in [0, 0.05) is 7.11 Å². The fourth-order valence-corrected chi connectivity index (χ4v) is 3.61. The number of hydrogen-bond acceptors (Lipinski definition) is 5. The van der Waals surface area contributed by atoms with Crippen molar-refractivity contribution in [3.63, 3.8) is 0 Å². The van der Waals surface area contributed by atoms with E-state index in [1.807, 2.05) is 13.8 Å². The van der Waals surface area contributed by atoms with Crippen LogP contribution < -0.4 is 0 Å². The van der Waals surface area contributed by atoms with Crippen LogP contribution in [-0.2, 0) is 18.6 Å². The van der Waals surface area contributed by atoms with Gasteiger partial charge in [-0.1, -0.05) is 26.8 Å². The Morgan fingerprint density at radius 3 is 2.33 bits per heavy atom. The Balaban J connectivity index is 2.87. The molecule has 4 atom stereocenters. The van der Waals surface area contributed by atoms with Gasteiger partial charge >= 0.3 is 0 Å². The highest BCUT2D eigenvalue weighted by molar-refractivity contribution is 6.74. The summed E-state index contributed by atoms with van der Waals surface area (Å²) in [5, 5.41) is 10.5. The Labute approximate surface area is 148 Å². The molecule has 6 heteroatoms. The molecule has 142 valence electrons. The topological polar surface area (TPSA) is 57.2 Å². The van der Waals surface area contributed by atoms with Gasteiger partial charge in [0.25, 0.3) is 0 Å². The smallest absolute Gasteiger partial charge is 0.192 e. The van der Waals surface area contributed by atoms with Crippen LogP contribution in [0.15, 0.2) is 12.7 Å². The van der Waals surface area contributed by atoms with Gasteiger partial charge in [-0.2, -0.15) is 0 Å². The first kappa shape index (κ1) is 21.8.